The molecule has 1 aromatic rings. The van der Waals surface area contributed by atoms with E-state index in [0.29, 0.717) is 0 Å². The molecule has 1 aliphatic rings. The van der Waals surface area contributed by atoms with E-state index < -0.39 is 9.05 Å². The molecule has 1 saturated carbocycles. The van der Waals surface area contributed by atoms with Gasteiger partial charge in [0.25, 0.3) is 14.2 Å². The number of nitrogens with zero attached hydrogens (tertiary/aromatic N) is 3. The fourth-order valence-corrected chi connectivity index (χ4v) is 2.62. The third-order valence-corrected chi connectivity index (χ3v) is 3.75. The Morgan fingerprint density at radius 2 is 2.12 bits per heavy atom. The zero-order valence-corrected chi connectivity index (χ0v) is 10.6. The van der Waals surface area contributed by atoms with Gasteiger partial charge in [0.2, 0.25) is 0 Å². The van der Waals surface area contributed by atoms with Crippen molar-refractivity contribution in [1.82, 2.24) is 14.8 Å². The molecule has 1 heterocycles. The van der Waals surface area contributed by atoms with Gasteiger partial charge in [0, 0.05) is 23.1 Å². The highest BCUT2D eigenvalue weighted by Gasteiger charge is 2.33. The quantitative estimate of drug-likeness (QED) is 0.761. The van der Waals surface area contributed by atoms with Crippen molar-refractivity contribution in [2.24, 2.45) is 0 Å². The van der Waals surface area contributed by atoms with Gasteiger partial charge in [-0.3, -0.25) is 4.57 Å². The summed E-state index contributed by atoms with van der Waals surface area (Å²) in [6, 6.07) is 0.227. The van der Waals surface area contributed by atoms with E-state index in [0.717, 1.165) is 37.9 Å². The van der Waals surface area contributed by atoms with Crippen molar-refractivity contribution >= 4 is 19.7 Å². The first-order valence-electron chi connectivity index (χ1n) is 5.42. The van der Waals surface area contributed by atoms with Gasteiger partial charge >= 0.3 is 0 Å². The molecule has 0 bridgehead atoms. The smallest absolute Gasteiger partial charge is 0.296 e. The van der Waals surface area contributed by atoms with Crippen LogP contribution in [0.15, 0.2) is 5.16 Å². The summed E-state index contributed by atoms with van der Waals surface area (Å²) in [5, 5.41) is 7.53. The number of aromatic nitrogens is 3. The number of halogens is 1. The summed E-state index contributed by atoms with van der Waals surface area (Å²) in [5.74, 6) is 0.739. The van der Waals surface area contributed by atoms with Gasteiger partial charge in [-0.1, -0.05) is 13.3 Å². The molecular weight excluding hydrogens is 250 g/mol. The van der Waals surface area contributed by atoms with E-state index in [4.69, 9.17) is 10.7 Å². The van der Waals surface area contributed by atoms with Gasteiger partial charge in [0.05, 0.1) is 0 Å². The van der Waals surface area contributed by atoms with Crippen molar-refractivity contribution in [3.05, 3.63) is 5.82 Å². The van der Waals surface area contributed by atoms with Gasteiger partial charge in [-0.15, -0.1) is 10.2 Å². The van der Waals surface area contributed by atoms with Crippen LogP contribution >= 0.6 is 10.7 Å². The number of hydrogen-bond donors (Lipinski definition) is 0. The Kier molecular flexibility index (Phi) is 3.21. The predicted octanol–water partition coefficient (Wildman–Crippen LogP) is 1.88. The maximum absolute atomic E-state index is 11.3. The van der Waals surface area contributed by atoms with Crippen LogP contribution in [-0.2, 0) is 15.5 Å². The molecule has 5 nitrogen and oxygen atoms in total. The molecule has 0 N–H and O–H groups in total. The van der Waals surface area contributed by atoms with E-state index in [-0.39, 0.29) is 11.2 Å². The van der Waals surface area contributed by atoms with Crippen LogP contribution in [-0.4, -0.2) is 23.2 Å². The summed E-state index contributed by atoms with van der Waals surface area (Å²) in [5.41, 5.74) is 0. The second kappa shape index (κ2) is 4.33. The lowest BCUT2D eigenvalue weighted by Gasteiger charge is -2.06. The van der Waals surface area contributed by atoms with Crippen LogP contribution in [0.5, 0.6) is 0 Å². The number of unbranched alkanes of at least 4 members (excludes halogenated alkanes) is 1. The van der Waals surface area contributed by atoms with Crippen molar-refractivity contribution in [2.75, 3.05) is 0 Å². The average Bonchev–Trinajstić information content (AvgIpc) is 2.94. The highest BCUT2D eigenvalue weighted by atomic mass is 35.7. The molecule has 16 heavy (non-hydrogen) atoms. The van der Waals surface area contributed by atoms with Crippen molar-refractivity contribution in [2.45, 2.75) is 50.2 Å². The molecule has 0 radical (unpaired) electrons. The van der Waals surface area contributed by atoms with E-state index in [2.05, 4.69) is 17.1 Å². The zero-order valence-electron chi connectivity index (χ0n) is 9.06. The Balaban J connectivity index is 2.36. The Hall–Kier alpha value is -0.620. The van der Waals surface area contributed by atoms with Crippen LogP contribution in [0, 0.1) is 0 Å². The van der Waals surface area contributed by atoms with Crippen LogP contribution in [0.2, 0.25) is 0 Å². The Labute approximate surface area is 99.2 Å². The Morgan fingerprint density at radius 1 is 1.44 bits per heavy atom. The summed E-state index contributed by atoms with van der Waals surface area (Å²) in [6.07, 6.45) is 4.74. The molecule has 1 fully saturated rings. The number of hydrogen-bond acceptors (Lipinski definition) is 4. The van der Waals surface area contributed by atoms with Crippen LogP contribution in [0.25, 0.3) is 0 Å². The SMILES string of the molecule is CCCCc1nnc(S(=O)(=O)Cl)n1C1CC1. The molecule has 0 atom stereocenters. The molecule has 2 rings (SSSR count). The van der Waals surface area contributed by atoms with Crippen LogP contribution in [0.4, 0.5) is 0 Å². The van der Waals surface area contributed by atoms with E-state index in [9.17, 15) is 8.42 Å². The predicted molar refractivity (Wildman–Crippen MR) is 59.9 cm³/mol. The molecule has 1 aromatic heterocycles. The molecule has 0 amide bonds. The minimum absolute atomic E-state index is 0.0947. The van der Waals surface area contributed by atoms with E-state index in [1.54, 1.807) is 4.57 Å². The first-order chi connectivity index (χ1) is 7.54. The summed E-state index contributed by atoms with van der Waals surface area (Å²) in [4.78, 5) is 0. The molecule has 0 saturated heterocycles. The van der Waals surface area contributed by atoms with Gasteiger partial charge in [0.15, 0.2) is 0 Å². The second-order valence-electron chi connectivity index (χ2n) is 4.04. The molecule has 0 spiro atoms. The summed E-state index contributed by atoms with van der Waals surface area (Å²) < 4.78 is 24.3. The minimum atomic E-state index is -3.78. The lowest BCUT2D eigenvalue weighted by molar-refractivity contribution is 0.565. The normalized spacial score (nSPS) is 16.6. The van der Waals surface area contributed by atoms with Crippen molar-refractivity contribution in [1.29, 1.82) is 0 Å². The van der Waals surface area contributed by atoms with Crippen molar-refractivity contribution in [3.8, 4) is 0 Å². The van der Waals surface area contributed by atoms with Gasteiger partial charge < -0.3 is 0 Å². The second-order valence-corrected chi connectivity index (χ2v) is 6.50. The average molecular weight is 264 g/mol. The Morgan fingerprint density at radius 3 is 2.62 bits per heavy atom. The molecule has 1 aliphatic carbocycles. The highest BCUT2D eigenvalue weighted by molar-refractivity contribution is 8.13. The molecular formula is C9H14ClN3O2S. The topological polar surface area (TPSA) is 64.8 Å². The molecule has 90 valence electrons. The first kappa shape index (κ1) is 11.9. The minimum Gasteiger partial charge on any atom is -0.298 e. The summed E-state index contributed by atoms with van der Waals surface area (Å²) >= 11 is 0. The van der Waals surface area contributed by atoms with E-state index in [1.807, 2.05) is 0 Å². The van der Waals surface area contributed by atoms with Gasteiger partial charge in [0.1, 0.15) is 5.82 Å². The zero-order chi connectivity index (χ0) is 11.8. The lowest BCUT2D eigenvalue weighted by atomic mass is 10.2. The van der Waals surface area contributed by atoms with Gasteiger partial charge in [-0.25, -0.2) is 8.42 Å². The van der Waals surface area contributed by atoms with E-state index in [1.165, 1.54) is 0 Å². The number of aryl methyl sites for hydroxylation is 1. The lowest BCUT2D eigenvalue weighted by Crippen LogP contribution is -2.08. The van der Waals surface area contributed by atoms with Crippen molar-refractivity contribution in [3.63, 3.8) is 0 Å². The highest BCUT2D eigenvalue weighted by Crippen LogP contribution is 2.38. The molecule has 0 aromatic carbocycles. The number of rotatable bonds is 5. The maximum Gasteiger partial charge on any atom is 0.296 e. The molecule has 0 unspecified atom stereocenters. The molecule has 7 heteroatoms. The standard InChI is InChI=1S/C9H14ClN3O2S/c1-2-3-4-8-11-12-9(16(10,14)15)13(8)7-5-6-7/h7H,2-6H2,1H3. The van der Waals surface area contributed by atoms with Crippen LogP contribution in [0.1, 0.15) is 44.5 Å². The third kappa shape index (κ3) is 2.38. The van der Waals surface area contributed by atoms with E-state index >= 15 is 0 Å². The van der Waals surface area contributed by atoms with Crippen LogP contribution in [0.3, 0.4) is 0 Å². The third-order valence-electron chi connectivity index (χ3n) is 2.62. The largest absolute Gasteiger partial charge is 0.298 e. The van der Waals surface area contributed by atoms with Gasteiger partial charge in [-0.05, 0) is 19.3 Å². The van der Waals surface area contributed by atoms with Crippen LogP contribution < -0.4 is 0 Å². The monoisotopic (exact) mass is 263 g/mol. The fourth-order valence-electron chi connectivity index (χ4n) is 1.68. The van der Waals surface area contributed by atoms with Gasteiger partial charge in [-0.2, -0.15) is 0 Å². The molecule has 0 aliphatic heterocycles. The van der Waals surface area contributed by atoms with Crippen molar-refractivity contribution < 1.29 is 8.42 Å². The Bertz CT molecular complexity index is 479. The summed E-state index contributed by atoms with van der Waals surface area (Å²) in [6.45, 7) is 2.08. The fraction of sp³-hybridized carbons (Fsp3) is 0.778. The maximum atomic E-state index is 11.3. The summed E-state index contributed by atoms with van der Waals surface area (Å²) in [7, 11) is 1.55. The first-order valence-corrected chi connectivity index (χ1v) is 7.73.